The number of thiophene rings is 2. The Bertz CT molecular complexity index is 1710. The number of carbonyl (C=O) groups is 1. The zero-order valence-corrected chi connectivity index (χ0v) is 31.3. The molecule has 45 heavy (non-hydrogen) atoms. The molecule has 0 saturated heterocycles. The number of nitrogens with zero attached hydrogens (tertiary/aromatic N) is 2. The molecule has 0 spiro atoms. The minimum absolute atomic E-state index is 0. The minimum atomic E-state index is 0. The van der Waals surface area contributed by atoms with Crippen LogP contribution in [0.3, 0.4) is 0 Å². The Balaban J connectivity index is 0.000000297. The first kappa shape index (κ1) is 36.5. The predicted molar refractivity (Wildman–Crippen MR) is 189 cm³/mol. The molecule has 0 unspecified atom stereocenters. The summed E-state index contributed by atoms with van der Waals surface area (Å²) in [6.07, 6.45) is 6.58. The van der Waals surface area contributed by atoms with E-state index < -0.39 is 0 Å². The van der Waals surface area contributed by atoms with Crippen LogP contribution in [0.4, 0.5) is 0 Å². The minimum Gasteiger partial charge on any atom is -0.512 e. The van der Waals surface area contributed by atoms with Crippen molar-refractivity contribution in [2.75, 3.05) is 0 Å². The van der Waals surface area contributed by atoms with Crippen LogP contribution in [0.2, 0.25) is 0 Å². The van der Waals surface area contributed by atoms with Crippen molar-refractivity contribution in [2.24, 2.45) is 11.8 Å². The van der Waals surface area contributed by atoms with E-state index in [4.69, 9.17) is 0 Å². The monoisotopic (exact) mass is 816 g/mol. The number of benzene rings is 2. The van der Waals surface area contributed by atoms with Crippen LogP contribution >= 0.6 is 22.7 Å². The molecule has 5 aromatic rings. The Morgan fingerprint density at radius 3 is 2.13 bits per heavy atom. The first-order valence-electron chi connectivity index (χ1n) is 15.6. The van der Waals surface area contributed by atoms with Crippen LogP contribution in [0.5, 0.6) is 0 Å². The van der Waals surface area contributed by atoms with Gasteiger partial charge in [0, 0.05) is 63.0 Å². The number of fused-ring (bicyclic) bond motifs is 1. The second kappa shape index (κ2) is 17.1. The SMILES string of the molecule is CCC(CC)C(=O)/C=C(\O)C(CC)CC.Cc1[c-]c(-c2ncnc3c(C)c(-c4ccc(-c5ccccc5)s4)sc23)cc(C)c1.[Ir]. The number of hydrogen-bond acceptors (Lipinski definition) is 6. The Labute approximate surface area is 290 Å². The summed E-state index contributed by atoms with van der Waals surface area (Å²) in [5, 5.41) is 9.76. The van der Waals surface area contributed by atoms with Crippen molar-refractivity contribution in [3.63, 3.8) is 0 Å². The predicted octanol–water partition coefficient (Wildman–Crippen LogP) is 11.3. The van der Waals surface area contributed by atoms with Crippen molar-refractivity contribution < 1.29 is 30.0 Å². The van der Waals surface area contributed by atoms with E-state index in [9.17, 15) is 9.90 Å². The van der Waals surface area contributed by atoms with E-state index in [1.54, 1.807) is 17.7 Å². The van der Waals surface area contributed by atoms with Gasteiger partial charge in [0.1, 0.15) is 6.33 Å². The molecule has 0 bridgehead atoms. The molecule has 3 heterocycles. The van der Waals surface area contributed by atoms with Crippen LogP contribution in [0.15, 0.2) is 72.8 Å². The Morgan fingerprint density at radius 1 is 0.867 bits per heavy atom. The first-order valence-corrected chi connectivity index (χ1v) is 17.2. The van der Waals surface area contributed by atoms with Crippen LogP contribution in [-0.4, -0.2) is 20.9 Å². The number of aryl methyl sites for hydroxylation is 3. The van der Waals surface area contributed by atoms with Gasteiger partial charge in [-0.3, -0.25) is 9.78 Å². The third-order valence-electron chi connectivity index (χ3n) is 8.08. The molecule has 2 aromatic carbocycles. The largest absolute Gasteiger partial charge is 0.512 e. The van der Waals surface area contributed by atoms with E-state index in [1.165, 1.54) is 37.4 Å². The van der Waals surface area contributed by atoms with Crippen molar-refractivity contribution in [3.8, 4) is 31.5 Å². The van der Waals surface area contributed by atoms with Gasteiger partial charge in [-0.15, -0.1) is 57.6 Å². The average Bonchev–Trinajstić information content (AvgIpc) is 3.63. The van der Waals surface area contributed by atoms with Gasteiger partial charge < -0.3 is 5.11 Å². The molecule has 0 amide bonds. The molecular weight excluding hydrogens is 773 g/mol. The fourth-order valence-corrected chi connectivity index (χ4v) is 7.91. The topological polar surface area (TPSA) is 63.1 Å². The van der Waals surface area contributed by atoms with Gasteiger partial charge in [0.15, 0.2) is 5.78 Å². The van der Waals surface area contributed by atoms with Crippen LogP contribution in [0, 0.1) is 38.7 Å². The molecule has 0 atom stereocenters. The van der Waals surface area contributed by atoms with Crippen molar-refractivity contribution in [3.05, 3.63) is 95.5 Å². The summed E-state index contributed by atoms with van der Waals surface area (Å²) in [6, 6.07) is 22.7. The molecule has 4 nitrogen and oxygen atoms in total. The Kier molecular flexibility index (Phi) is 13.9. The maximum Gasteiger partial charge on any atom is 0.162 e. The van der Waals surface area contributed by atoms with Crippen molar-refractivity contribution in [1.82, 2.24) is 9.97 Å². The van der Waals surface area contributed by atoms with Crippen molar-refractivity contribution in [1.29, 1.82) is 0 Å². The molecule has 1 radical (unpaired) electrons. The standard InChI is InChI=1S/C25H19N2S2.C13H24O2.Ir/c1-15-11-16(2)13-19(12-15)23-25-22(26-14-27-23)17(3)24(29-25)21-10-9-20(28-21)18-7-5-4-6-8-18;1-5-10(6-2)12(14)9-13(15)11(7-3)8-4;/h4-12,14H,1-3H3;9-11,14H,5-8H2,1-4H3;/q-1;;/b;12-9-;. The summed E-state index contributed by atoms with van der Waals surface area (Å²) in [5.74, 6) is 0.547. The normalized spacial score (nSPS) is 11.4. The Morgan fingerprint density at radius 2 is 1.51 bits per heavy atom. The van der Waals surface area contributed by atoms with Crippen molar-refractivity contribution >= 4 is 38.7 Å². The Hall–Kier alpha value is -2.96. The number of aromatic nitrogens is 2. The smallest absolute Gasteiger partial charge is 0.162 e. The summed E-state index contributed by atoms with van der Waals surface area (Å²) in [5.41, 5.74) is 7.89. The fourth-order valence-electron chi connectivity index (χ4n) is 5.47. The van der Waals surface area contributed by atoms with E-state index in [1.807, 2.05) is 39.0 Å². The number of allylic oxidation sites excluding steroid dienone is 2. The van der Waals surface area contributed by atoms with Gasteiger partial charge in [-0.2, -0.15) is 0 Å². The average molecular weight is 816 g/mol. The van der Waals surface area contributed by atoms with Crippen molar-refractivity contribution in [2.45, 2.75) is 74.1 Å². The number of rotatable bonds is 10. The van der Waals surface area contributed by atoms with Crippen LogP contribution in [0.1, 0.15) is 70.1 Å². The van der Waals surface area contributed by atoms with Gasteiger partial charge in [0.2, 0.25) is 0 Å². The van der Waals surface area contributed by atoms with E-state index in [0.29, 0.717) is 0 Å². The molecular formula is C38H43IrN2O2S2-. The summed E-state index contributed by atoms with van der Waals surface area (Å²) in [6.45, 7) is 14.4. The van der Waals surface area contributed by atoms with Crippen LogP contribution < -0.4 is 0 Å². The number of aliphatic hydroxyl groups is 1. The summed E-state index contributed by atoms with van der Waals surface area (Å²) in [7, 11) is 0. The molecule has 0 aliphatic heterocycles. The fraction of sp³-hybridized carbons (Fsp3) is 0.342. The third-order valence-corrected chi connectivity index (χ3v) is 10.7. The molecule has 0 aliphatic carbocycles. The summed E-state index contributed by atoms with van der Waals surface area (Å²) < 4.78 is 1.14. The van der Waals surface area contributed by atoms with Gasteiger partial charge in [-0.05, 0) is 55.9 Å². The summed E-state index contributed by atoms with van der Waals surface area (Å²) >= 11 is 3.61. The number of ketones is 1. The zero-order chi connectivity index (χ0) is 31.8. The molecule has 0 aliphatic rings. The molecule has 3 aromatic heterocycles. The van der Waals surface area contributed by atoms with Gasteiger partial charge in [0.25, 0.3) is 0 Å². The molecule has 1 N–H and O–H groups in total. The maximum absolute atomic E-state index is 11.7. The number of aliphatic hydroxyl groups excluding tert-OH is 1. The molecule has 0 fully saturated rings. The summed E-state index contributed by atoms with van der Waals surface area (Å²) in [4.78, 5) is 24.8. The number of carbonyl (C=O) groups excluding carboxylic acids is 1. The second-order valence-corrected chi connectivity index (χ2v) is 13.3. The van der Waals surface area contributed by atoms with Crippen LogP contribution in [-0.2, 0) is 24.9 Å². The molecule has 5 rings (SSSR count). The van der Waals surface area contributed by atoms with E-state index in [2.05, 4.69) is 91.4 Å². The zero-order valence-electron chi connectivity index (χ0n) is 27.2. The van der Waals surface area contributed by atoms with E-state index in [0.717, 1.165) is 52.7 Å². The third kappa shape index (κ3) is 8.86. The van der Waals surface area contributed by atoms with Crippen LogP contribution in [0.25, 0.3) is 41.7 Å². The molecule has 0 saturated carbocycles. The van der Waals surface area contributed by atoms with Gasteiger partial charge in [-0.1, -0.05) is 71.9 Å². The van der Waals surface area contributed by atoms with Gasteiger partial charge in [0.05, 0.1) is 11.3 Å². The maximum atomic E-state index is 11.7. The number of hydrogen-bond donors (Lipinski definition) is 1. The first-order chi connectivity index (χ1) is 21.2. The van der Waals surface area contributed by atoms with E-state index >= 15 is 0 Å². The second-order valence-electron chi connectivity index (χ2n) is 11.2. The van der Waals surface area contributed by atoms with Gasteiger partial charge >= 0.3 is 0 Å². The van der Waals surface area contributed by atoms with Gasteiger partial charge in [-0.25, -0.2) is 4.98 Å². The van der Waals surface area contributed by atoms with E-state index in [-0.39, 0.29) is 43.5 Å². The molecule has 239 valence electrons. The quantitative estimate of drug-likeness (QED) is 0.0866. The molecule has 7 heteroatoms.